The molecule has 0 spiro atoms. The SMILES string of the molecule is CCCCC/C=C\C/C=C\CC(O)/C=C\C=C\CCCC(=O)OC[C@H](COP(=O)(O)O)OC(=O)CCCCCCCCCC(C)C. The maximum absolute atomic E-state index is 12.3. The fourth-order valence-electron chi connectivity index (χ4n) is 4.45. The van der Waals surface area contributed by atoms with Crippen molar-refractivity contribution in [2.45, 2.75) is 149 Å². The van der Waals surface area contributed by atoms with Crippen LogP contribution in [0.3, 0.4) is 0 Å². The summed E-state index contributed by atoms with van der Waals surface area (Å²) in [5.41, 5.74) is 0. The van der Waals surface area contributed by atoms with Gasteiger partial charge in [0.25, 0.3) is 0 Å². The Hall–Kier alpha value is -2.03. The summed E-state index contributed by atoms with van der Waals surface area (Å²) in [7, 11) is -4.78. The maximum atomic E-state index is 12.3. The van der Waals surface area contributed by atoms with Gasteiger partial charge in [0.15, 0.2) is 6.10 Å². The number of hydrogen-bond acceptors (Lipinski definition) is 7. The number of phosphoric acid groups is 1. The van der Waals surface area contributed by atoms with Crippen LogP contribution < -0.4 is 0 Å². The molecule has 0 radical (unpaired) electrons. The van der Waals surface area contributed by atoms with Gasteiger partial charge in [0.05, 0.1) is 12.7 Å². The molecule has 0 aromatic rings. The molecule has 0 aliphatic carbocycles. The van der Waals surface area contributed by atoms with Crippen LogP contribution in [0.4, 0.5) is 0 Å². The predicted octanol–water partition coefficient (Wildman–Crippen LogP) is 8.83. The van der Waals surface area contributed by atoms with E-state index in [2.05, 4.69) is 43.5 Å². The van der Waals surface area contributed by atoms with Gasteiger partial charge in [0, 0.05) is 12.8 Å². The highest BCUT2D eigenvalue weighted by atomic mass is 31.2. The molecular formula is C36H63O9P. The Kier molecular flexibility index (Phi) is 29.0. The smallest absolute Gasteiger partial charge is 0.462 e. The largest absolute Gasteiger partial charge is 0.469 e. The van der Waals surface area contributed by atoms with Crippen LogP contribution in [0.5, 0.6) is 0 Å². The van der Waals surface area contributed by atoms with Crippen LogP contribution in [-0.4, -0.2) is 52.3 Å². The number of phosphoric ester groups is 1. The first kappa shape index (κ1) is 44.0. The third-order valence-corrected chi connectivity index (χ3v) is 7.59. The summed E-state index contributed by atoms with van der Waals surface area (Å²) < 4.78 is 26.1. The van der Waals surface area contributed by atoms with Crippen molar-refractivity contribution >= 4 is 19.8 Å². The lowest BCUT2D eigenvalue weighted by Crippen LogP contribution is -2.29. The summed E-state index contributed by atoms with van der Waals surface area (Å²) in [4.78, 5) is 42.5. The molecule has 2 atom stereocenters. The van der Waals surface area contributed by atoms with Crippen LogP contribution in [0.15, 0.2) is 48.6 Å². The van der Waals surface area contributed by atoms with E-state index in [-0.39, 0.29) is 19.4 Å². The number of ether oxygens (including phenoxy) is 2. The molecule has 0 rings (SSSR count). The summed E-state index contributed by atoms with van der Waals surface area (Å²) in [5.74, 6) is -0.284. The van der Waals surface area contributed by atoms with Gasteiger partial charge in [0.1, 0.15) is 6.61 Å². The molecule has 46 heavy (non-hydrogen) atoms. The zero-order chi connectivity index (χ0) is 34.3. The molecule has 0 aliphatic heterocycles. The molecule has 0 saturated heterocycles. The standard InChI is InChI=1S/C36H63O9P/c1-4-5-6-7-8-9-12-16-21-26-33(37)27-22-17-14-19-23-28-35(38)43-30-34(31-44-46(40,41)42)45-36(39)29-24-18-13-10-11-15-20-25-32(2)3/h8-9,14,16-17,21-22,27,32-34,37H,4-7,10-13,15,18-20,23-26,28-31H2,1-3H3,(H2,40,41,42)/b9-8-,17-14+,21-16-,27-22-/t33?,34-/m1/s1. The Morgan fingerprint density at radius 1 is 0.739 bits per heavy atom. The van der Waals surface area contributed by atoms with E-state index >= 15 is 0 Å². The molecule has 0 heterocycles. The molecule has 3 N–H and O–H groups in total. The zero-order valence-electron chi connectivity index (χ0n) is 28.7. The van der Waals surface area contributed by atoms with E-state index in [1.807, 2.05) is 18.2 Å². The molecule has 10 heteroatoms. The Morgan fingerprint density at radius 2 is 1.39 bits per heavy atom. The zero-order valence-corrected chi connectivity index (χ0v) is 29.6. The fourth-order valence-corrected chi connectivity index (χ4v) is 4.81. The number of carbonyl (C=O) groups is 2. The number of esters is 2. The number of hydrogen-bond donors (Lipinski definition) is 3. The van der Waals surface area contributed by atoms with Gasteiger partial charge in [0.2, 0.25) is 0 Å². The highest BCUT2D eigenvalue weighted by molar-refractivity contribution is 7.46. The third-order valence-electron chi connectivity index (χ3n) is 7.11. The van der Waals surface area contributed by atoms with Gasteiger partial charge in [-0.25, -0.2) is 4.57 Å². The number of allylic oxidation sites excluding steroid dienone is 6. The number of aliphatic hydroxyl groups is 1. The van der Waals surface area contributed by atoms with E-state index in [1.54, 1.807) is 12.2 Å². The van der Waals surface area contributed by atoms with Crippen molar-refractivity contribution in [2.24, 2.45) is 5.92 Å². The Morgan fingerprint density at radius 3 is 2.09 bits per heavy atom. The summed E-state index contributed by atoms with van der Waals surface area (Å²) >= 11 is 0. The van der Waals surface area contributed by atoms with E-state index in [9.17, 15) is 19.3 Å². The van der Waals surface area contributed by atoms with E-state index in [0.29, 0.717) is 25.7 Å². The molecule has 0 amide bonds. The van der Waals surface area contributed by atoms with Gasteiger partial charge in [-0.1, -0.05) is 127 Å². The second kappa shape index (κ2) is 30.3. The second-order valence-electron chi connectivity index (χ2n) is 12.2. The third kappa shape index (κ3) is 33.3. The predicted molar refractivity (Wildman–Crippen MR) is 185 cm³/mol. The average molecular weight is 671 g/mol. The van der Waals surface area contributed by atoms with Crippen molar-refractivity contribution in [2.75, 3.05) is 13.2 Å². The lowest BCUT2D eigenvalue weighted by molar-refractivity contribution is -0.161. The van der Waals surface area contributed by atoms with Gasteiger partial charge < -0.3 is 24.4 Å². The number of rotatable bonds is 30. The summed E-state index contributed by atoms with van der Waals surface area (Å²) in [5, 5.41) is 10.0. The van der Waals surface area contributed by atoms with Crippen molar-refractivity contribution in [1.29, 1.82) is 0 Å². The first-order valence-corrected chi connectivity index (χ1v) is 18.9. The second-order valence-corrected chi connectivity index (χ2v) is 13.4. The monoisotopic (exact) mass is 670 g/mol. The van der Waals surface area contributed by atoms with Crippen molar-refractivity contribution in [3.8, 4) is 0 Å². The molecule has 0 aliphatic rings. The normalized spacial score (nSPS) is 13.9. The molecular weight excluding hydrogens is 607 g/mol. The summed E-state index contributed by atoms with van der Waals surface area (Å²) in [6.45, 7) is 5.74. The lowest BCUT2D eigenvalue weighted by atomic mass is 10.0. The molecule has 0 bridgehead atoms. The Balaban J connectivity index is 4.21. The number of unbranched alkanes of at least 4 members (excludes halogenated alkanes) is 10. The van der Waals surface area contributed by atoms with E-state index in [0.717, 1.165) is 38.0 Å². The van der Waals surface area contributed by atoms with Crippen molar-refractivity contribution in [3.63, 3.8) is 0 Å². The van der Waals surface area contributed by atoms with Crippen LogP contribution in [0.1, 0.15) is 136 Å². The van der Waals surface area contributed by atoms with Crippen molar-refractivity contribution in [1.82, 2.24) is 0 Å². The van der Waals surface area contributed by atoms with Crippen molar-refractivity contribution < 1.29 is 43.0 Å². The molecule has 0 fully saturated rings. The molecule has 1 unspecified atom stereocenters. The topological polar surface area (TPSA) is 140 Å². The van der Waals surface area contributed by atoms with Crippen LogP contribution in [0.2, 0.25) is 0 Å². The minimum atomic E-state index is -4.78. The summed E-state index contributed by atoms with van der Waals surface area (Å²) in [6.07, 6.45) is 30.3. The molecule has 266 valence electrons. The lowest BCUT2D eigenvalue weighted by Gasteiger charge is -2.18. The number of aliphatic hydroxyl groups excluding tert-OH is 1. The van der Waals surface area contributed by atoms with Crippen LogP contribution in [0.25, 0.3) is 0 Å². The minimum Gasteiger partial charge on any atom is -0.462 e. The van der Waals surface area contributed by atoms with Gasteiger partial charge in [-0.05, 0) is 50.9 Å². The number of carbonyl (C=O) groups excluding carboxylic acids is 2. The quantitative estimate of drug-likeness (QED) is 0.0225. The summed E-state index contributed by atoms with van der Waals surface area (Å²) in [6, 6.07) is 0. The van der Waals surface area contributed by atoms with Gasteiger partial charge >= 0.3 is 19.8 Å². The average Bonchev–Trinajstić information content (AvgIpc) is 2.99. The van der Waals surface area contributed by atoms with Crippen molar-refractivity contribution in [3.05, 3.63) is 48.6 Å². The first-order valence-electron chi connectivity index (χ1n) is 17.4. The highest BCUT2D eigenvalue weighted by Gasteiger charge is 2.22. The van der Waals surface area contributed by atoms with Gasteiger partial charge in [-0.2, -0.15) is 0 Å². The van der Waals surface area contributed by atoms with Crippen LogP contribution in [0, 0.1) is 5.92 Å². The van der Waals surface area contributed by atoms with Crippen LogP contribution in [-0.2, 0) is 28.2 Å². The van der Waals surface area contributed by atoms with E-state index in [1.165, 1.54) is 44.9 Å². The molecule has 9 nitrogen and oxygen atoms in total. The molecule has 0 saturated carbocycles. The van der Waals surface area contributed by atoms with Gasteiger partial charge in [-0.15, -0.1) is 0 Å². The van der Waals surface area contributed by atoms with Crippen LogP contribution >= 0.6 is 7.82 Å². The first-order chi connectivity index (χ1) is 22.0. The molecule has 0 aromatic heterocycles. The molecule has 0 aromatic carbocycles. The van der Waals surface area contributed by atoms with E-state index < -0.39 is 38.6 Å². The Labute approximate surface area is 278 Å². The minimum absolute atomic E-state index is 0.131. The maximum Gasteiger partial charge on any atom is 0.469 e. The van der Waals surface area contributed by atoms with E-state index in [4.69, 9.17) is 19.3 Å². The Bertz CT molecular complexity index is 920. The highest BCUT2D eigenvalue weighted by Crippen LogP contribution is 2.35. The fraction of sp³-hybridized carbons (Fsp3) is 0.722. The van der Waals surface area contributed by atoms with Gasteiger partial charge in [-0.3, -0.25) is 14.1 Å².